The van der Waals surface area contributed by atoms with Crippen molar-refractivity contribution in [2.24, 2.45) is 0 Å². The van der Waals surface area contributed by atoms with Crippen LogP contribution in [0.1, 0.15) is 40.5 Å². The molecule has 0 aromatic rings. The van der Waals surface area contributed by atoms with E-state index in [0.717, 1.165) is 18.9 Å². The molecule has 118 valence electrons. The van der Waals surface area contributed by atoms with Gasteiger partial charge in [0.15, 0.2) is 0 Å². The molecular formula is C14H29NO4Si. The van der Waals surface area contributed by atoms with E-state index in [1.165, 1.54) is 6.08 Å². The van der Waals surface area contributed by atoms with Gasteiger partial charge in [0, 0.05) is 31.9 Å². The molecule has 0 aliphatic rings. The molecule has 0 aromatic carbocycles. The Morgan fingerprint density at radius 1 is 1.20 bits per heavy atom. The van der Waals surface area contributed by atoms with Gasteiger partial charge >= 0.3 is 8.80 Å². The lowest BCUT2D eigenvalue weighted by atomic mass is 10.2. The topological polar surface area (TPSA) is 56.8 Å². The monoisotopic (exact) mass is 303 g/mol. The maximum absolute atomic E-state index is 11.2. The van der Waals surface area contributed by atoms with Crippen molar-refractivity contribution < 1.29 is 18.1 Å². The van der Waals surface area contributed by atoms with Gasteiger partial charge in [-0.2, -0.15) is 0 Å². The molecule has 0 bridgehead atoms. The molecular weight excluding hydrogens is 274 g/mol. The van der Waals surface area contributed by atoms with Crippen LogP contribution in [0, 0.1) is 0 Å². The second-order valence-corrected chi connectivity index (χ2v) is 7.22. The Kier molecular flexibility index (Phi) is 10.6. The predicted molar refractivity (Wildman–Crippen MR) is 82.5 cm³/mol. The Hall–Kier alpha value is -0.693. The SMILES string of the molecule is C=CC(=O)NC(C)CCC[Si](OCC)(OCC)OCC. The van der Waals surface area contributed by atoms with E-state index in [9.17, 15) is 4.79 Å². The van der Waals surface area contributed by atoms with E-state index < -0.39 is 8.80 Å². The zero-order valence-electron chi connectivity index (χ0n) is 13.2. The summed E-state index contributed by atoms with van der Waals surface area (Å²) in [4.78, 5) is 11.2. The fraction of sp³-hybridized carbons (Fsp3) is 0.786. The highest BCUT2D eigenvalue weighted by molar-refractivity contribution is 6.60. The van der Waals surface area contributed by atoms with Crippen molar-refractivity contribution in [1.82, 2.24) is 5.32 Å². The number of carbonyl (C=O) groups is 1. The Bertz CT molecular complexity index is 269. The van der Waals surface area contributed by atoms with Gasteiger partial charge < -0.3 is 18.6 Å². The van der Waals surface area contributed by atoms with Crippen LogP contribution in [0.25, 0.3) is 0 Å². The van der Waals surface area contributed by atoms with E-state index in [2.05, 4.69) is 11.9 Å². The van der Waals surface area contributed by atoms with Gasteiger partial charge in [0.25, 0.3) is 0 Å². The smallest absolute Gasteiger partial charge is 0.374 e. The first kappa shape index (κ1) is 19.3. The summed E-state index contributed by atoms with van der Waals surface area (Å²) < 4.78 is 17.4. The number of hydrogen-bond donors (Lipinski definition) is 1. The summed E-state index contributed by atoms with van der Waals surface area (Å²) in [5.41, 5.74) is 0. The van der Waals surface area contributed by atoms with E-state index in [-0.39, 0.29) is 11.9 Å². The van der Waals surface area contributed by atoms with Crippen molar-refractivity contribution >= 4 is 14.7 Å². The Labute approximate surface area is 124 Å². The number of rotatable bonds is 12. The maximum Gasteiger partial charge on any atom is 0.500 e. The predicted octanol–water partition coefficient (Wildman–Crippen LogP) is 2.51. The third kappa shape index (κ3) is 7.79. The molecule has 0 saturated carbocycles. The van der Waals surface area contributed by atoms with Gasteiger partial charge in [0.05, 0.1) is 0 Å². The fourth-order valence-electron chi connectivity index (χ4n) is 2.00. The zero-order valence-corrected chi connectivity index (χ0v) is 14.2. The molecule has 20 heavy (non-hydrogen) atoms. The van der Waals surface area contributed by atoms with Gasteiger partial charge in [-0.1, -0.05) is 6.58 Å². The van der Waals surface area contributed by atoms with Gasteiger partial charge in [-0.15, -0.1) is 0 Å². The lowest BCUT2D eigenvalue weighted by Gasteiger charge is -2.28. The summed E-state index contributed by atoms with van der Waals surface area (Å²) in [6, 6.07) is 0.883. The lowest BCUT2D eigenvalue weighted by molar-refractivity contribution is -0.117. The third-order valence-electron chi connectivity index (χ3n) is 2.79. The van der Waals surface area contributed by atoms with Crippen LogP contribution in [-0.2, 0) is 18.1 Å². The average molecular weight is 303 g/mol. The van der Waals surface area contributed by atoms with Gasteiger partial charge in [-0.25, -0.2) is 0 Å². The van der Waals surface area contributed by atoms with Crippen LogP contribution in [0.3, 0.4) is 0 Å². The second-order valence-electron chi connectivity index (χ2n) is 4.49. The molecule has 6 heteroatoms. The first-order valence-electron chi connectivity index (χ1n) is 7.38. The van der Waals surface area contributed by atoms with Crippen molar-refractivity contribution in [3.8, 4) is 0 Å². The Morgan fingerprint density at radius 3 is 2.10 bits per heavy atom. The first-order valence-corrected chi connectivity index (χ1v) is 9.31. The molecule has 0 saturated heterocycles. The standard InChI is InChI=1S/C14H29NO4Si/c1-6-14(16)15-13(5)11-10-12-20(17-7-2,18-8-3)19-9-4/h6,13H,1,7-12H2,2-5H3,(H,15,16). The molecule has 0 aromatic heterocycles. The minimum Gasteiger partial charge on any atom is -0.374 e. The average Bonchev–Trinajstić information content (AvgIpc) is 2.39. The molecule has 1 atom stereocenters. The van der Waals surface area contributed by atoms with Gasteiger partial charge in [-0.3, -0.25) is 4.79 Å². The molecule has 1 unspecified atom stereocenters. The van der Waals surface area contributed by atoms with Crippen molar-refractivity contribution in [2.45, 2.75) is 52.6 Å². The summed E-state index contributed by atoms with van der Waals surface area (Å²) >= 11 is 0. The molecule has 0 heterocycles. The fourth-order valence-corrected chi connectivity index (χ4v) is 4.64. The van der Waals surface area contributed by atoms with Crippen LogP contribution in [0.4, 0.5) is 0 Å². The minimum atomic E-state index is -2.54. The normalized spacial score (nSPS) is 13.0. The minimum absolute atomic E-state index is 0.108. The summed E-state index contributed by atoms with van der Waals surface area (Å²) in [5, 5.41) is 2.85. The third-order valence-corrected chi connectivity index (χ3v) is 5.94. The van der Waals surface area contributed by atoms with Crippen LogP contribution in [-0.4, -0.2) is 40.6 Å². The molecule has 1 amide bonds. The number of nitrogens with one attached hydrogen (secondary N) is 1. The highest BCUT2D eigenvalue weighted by Crippen LogP contribution is 2.19. The number of carbonyl (C=O) groups excluding carboxylic acids is 1. The Morgan fingerprint density at radius 2 is 1.70 bits per heavy atom. The quantitative estimate of drug-likeness (QED) is 0.444. The second kappa shape index (κ2) is 11.0. The van der Waals surface area contributed by atoms with Crippen LogP contribution in [0.15, 0.2) is 12.7 Å². The lowest BCUT2D eigenvalue weighted by Crippen LogP contribution is -2.46. The molecule has 1 N–H and O–H groups in total. The van der Waals surface area contributed by atoms with E-state index in [4.69, 9.17) is 13.3 Å². The number of hydrogen-bond acceptors (Lipinski definition) is 4. The van der Waals surface area contributed by atoms with Crippen molar-refractivity contribution in [2.75, 3.05) is 19.8 Å². The van der Waals surface area contributed by atoms with Gasteiger partial charge in [0.2, 0.25) is 5.91 Å². The molecule has 5 nitrogen and oxygen atoms in total. The highest BCUT2D eigenvalue weighted by atomic mass is 28.4. The molecule has 0 rings (SSSR count). The van der Waals surface area contributed by atoms with E-state index in [1.807, 2.05) is 27.7 Å². The van der Waals surface area contributed by atoms with E-state index in [0.29, 0.717) is 19.8 Å². The molecule has 0 spiro atoms. The summed E-state index contributed by atoms with van der Waals surface area (Å²) in [6.07, 6.45) is 3.04. The summed E-state index contributed by atoms with van der Waals surface area (Å²) in [7, 11) is -2.54. The molecule has 0 radical (unpaired) electrons. The summed E-state index contributed by atoms with van der Waals surface area (Å²) in [6.45, 7) is 13.0. The molecule has 0 fully saturated rings. The summed E-state index contributed by atoms with van der Waals surface area (Å²) in [5.74, 6) is -0.138. The van der Waals surface area contributed by atoms with Crippen LogP contribution < -0.4 is 5.32 Å². The highest BCUT2D eigenvalue weighted by Gasteiger charge is 2.39. The van der Waals surface area contributed by atoms with E-state index in [1.54, 1.807) is 0 Å². The van der Waals surface area contributed by atoms with Crippen LogP contribution in [0.5, 0.6) is 0 Å². The van der Waals surface area contributed by atoms with E-state index >= 15 is 0 Å². The van der Waals surface area contributed by atoms with Gasteiger partial charge in [0.1, 0.15) is 0 Å². The zero-order chi connectivity index (χ0) is 15.4. The van der Waals surface area contributed by atoms with Crippen molar-refractivity contribution in [3.63, 3.8) is 0 Å². The largest absolute Gasteiger partial charge is 0.500 e. The molecule has 0 aliphatic carbocycles. The number of amides is 1. The van der Waals surface area contributed by atoms with Crippen molar-refractivity contribution in [3.05, 3.63) is 12.7 Å². The van der Waals surface area contributed by atoms with Crippen LogP contribution >= 0.6 is 0 Å². The Balaban J connectivity index is 4.30. The van der Waals surface area contributed by atoms with Crippen LogP contribution in [0.2, 0.25) is 6.04 Å². The maximum atomic E-state index is 11.2. The van der Waals surface area contributed by atoms with Gasteiger partial charge in [-0.05, 0) is 46.6 Å². The molecule has 0 aliphatic heterocycles. The first-order chi connectivity index (χ1) is 9.53. The van der Waals surface area contributed by atoms with Crippen molar-refractivity contribution in [1.29, 1.82) is 0 Å².